The van der Waals surface area contributed by atoms with E-state index in [4.69, 9.17) is 16.0 Å². The average molecular weight is 493 g/mol. The Morgan fingerprint density at radius 2 is 1.97 bits per heavy atom. The van der Waals surface area contributed by atoms with Gasteiger partial charge in [0.05, 0.1) is 33.7 Å². The highest BCUT2D eigenvalue weighted by molar-refractivity contribution is 7.91. The summed E-state index contributed by atoms with van der Waals surface area (Å²) in [5, 5.41) is 0.991. The fourth-order valence-corrected chi connectivity index (χ4v) is 5.86. The number of halogens is 2. The molecule has 32 heavy (non-hydrogen) atoms. The molecule has 10 heteroatoms. The Morgan fingerprint density at radius 1 is 1.22 bits per heavy atom. The number of amides is 1. The van der Waals surface area contributed by atoms with Crippen molar-refractivity contribution in [2.24, 2.45) is 0 Å². The molecule has 0 aliphatic rings. The van der Waals surface area contributed by atoms with Gasteiger partial charge in [-0.3, -0.25) is 9.69 Å². The monoisotopic (exact) mass is 492 g/mol. The summed E-state index contributed by atoms with van der Waals surface area (Å²) >= 11 is 7.44. The topological polar surface area (TPSA) is 80.5 Å². The lowest BCUT2D eigenvalue weighted by atomic mass is 10.2. The molecule has 0 aliphatic heterocycles. The Labute approximate surface area is 193 Å². The lowest BCUT2D eigenvalue weighted by Gasteiger charge is -2.18. The zero-order valence-corrected chi connectivity index (χ0v) is 19.3. The number of anilines is 1. The smallest absolute Gasteiger partial charge is 0.230 e. The maximum Gasteiger partial charge on any atom is 0.230 e. The third-order valence-corrected chi connectivity index (χ3v) is 7.80. The fourth-order valence-electron chi connectivity index (χ4n) is 3.20. The third-order valence-electron chi connectivity index (χ3n) is 4.82. The normalized spacial score (nSPS) is 11.7. The summed E-state index contributed by atoms with van der Waals surface area (Å²) in [6.45, 7) is 1.99. The molecule has 1 amide bonds. The number of sulfone groups is 1. The number of furan rings is 1. The summed E-state index contributed by atoms with van der Waals surface area (Å²) < 4.78 is 44.5. The highest BCUT2D eigenvalue weighted by atomic mass is 35.5. The Morgan fingerprint density at radius 3 is 2.66 bits per heavy atom. The van der Waals surface area contributed by atoms with Crippen LogP contribution in [0.4, 0.5) is 9.52 Å². The first-order valence-corrected chi connectivity index (χ1v) is 12.5. The van der Waals surface area contributed by atoms with Gasteiger partial charge in [0.15, 0.2) is 15.0 Å². The van der Waals surface area contributed by atoms with E-state index in [0.717, 1.165) is 27.9 Å². The van der Waals surface area contributed by atoms with E-state index >= 15 is 0 Å². The molecule has 166 valence electrons. The van der Waals surface area contributed by atoms with E-state index in [0.29, 0.717) is 15.9 Å². The zero-order chi connectivity index (χ0) is 22.9. The molecule has 0 saturated heterocycles. The second-order valence-electron chi connectivity index (χ2n) is 7.15. The largest absolute Gasteiger partial charge is 0.467 e. The van der Waals surface area contributed by atoms with Gasteiger partial charge in [-0.1, -0.05) is 22.9 Å². The highest BCUT2D eigenvalue weighted by Crippen LogP contribution is 2.34. The predicted molar refractivity (Wildman–Crippen MR) is 122 cm³/mol. The first-order chi connectivity index (χ1) is 15.2. The molecule has 0 aliphatic carbocycles. The van der Waals surface area contributed by atoms with E-state index < -0.39 is 27.3 Å². The van der Waals surface area contributed by atoms with Crippen LogP contribution < -0.4 is 4.90 Å². The number of thiazole rings is 1. The molecule has 2 aromatic heterocycles. The molecule has 0 atom stereocenters. The lowest BCUT2D eigenvalue weighted by molar-refractivity contribution is -0.118. The van der Waals surface area contributed by atoms with Crippen molar-refractivity contribution >= 4 is 54.0 Å². The minimum absolute atomic E-state index is 0.0328. The van der Waals surface area contributed by atoms with Crippen LogP contribution in [-0.4, -0.2) is 25.1 Å². The van der Waals surface area contributed by atoms with E-state index in [2.05, 4.69) is 4.98 Å². The summed E-state index contributed by atoms with van der Waals surface area (Å²) in [6.07, 6.45) is 1.23. The number of rotatable bonds is 7. The van der Waals surface area contributed by atoms with Gasteiger partial charge in [0, 0.05) is 11.4 Å². The van der Waals surface area contributed by atoms with Gasteiger partial charge in [-0.25, -0.2) is 17.8 Å². The number of carbonyl (C=O) groups excluding carboxylic acids is 1. The maximum atomic E-state index is 13.1. The first kappa shape index (κ1) is 22.4. The van der Waals surface area contributed by atoms with Crippen molar-refractivity contribution < 1.29 is 22.0 Å². The van der Waals surface area contributed by atoms with Crippen molar-refractivity contribution in [2.45, 2.75) is 24.8 Å². The van der Waals surface area contributed by atoms with Gasteiger partial charge < -0.3 is 4.42 Å². The number of benzene rings is 2. The molecular formula is C22H18ClFN2O4S2. The van der Waals surface area contributed by atoms with Crippen LogP contribution in [0.1, 0.15) is 17.7 Å². The molecular weight excluding hydrogens is 475 g/mol. The molecule has 0 saturated carbocycles. The van der Waals surface area contributed by atoms with Crippen molar-refractivity contribution in [2.75, 3.05) is 10.7 Å². The summed E-state index contributed by atoms with van der Waals surface area (Å²) in [6, 6.07) is 11.5. The molecule has 0 unspecified atom stereocenters. The van der Waals surface area contributed by atoms with Crippen LogP contribution in [0.2, 0.25) is 5.02 Å². The van der Waals surface area contributed by atoms with Crippen LogP contribution in [0.15, 0.2) is 64.1 Å². The minimum Gasteiger partial charge on any atom is -0.467 e. The van der Waals surface area contributed by atoms with E-state index in [-0.39, 0.29) is 17.9 Å². The molecule has 6 nitrogen and oxygen atoms in total. The van der Waals surface area contributed by atoms with Gasteiger partial charge in [-0.2, -0.15) is 0 Å². The van der Waals surface area contributed by atoms with Crippen LogP contribution in [0, 0.1) is 12.7 Å². The molecule has 2 heterocycles. The second kappa shape index (κ2) is 9.01. The number of hydrogen-bond acceptors (Lipinski definition) is 6. The number of fused-ring (bicyclic) bond motifs is 1. The van der Waals surface area contributed by atoms with Gasteiger partial charge in [-0.05, 0) is 61.0 Å². The lowest BCUT2D eigenvalue weighted by Crippen LogP contribution is -2.31. The van der Waals surface area contributed by atoms with Gasteiger partial charge in [0.25, 0.3) is 0 Å². The van der Waals surface area contributed by atoms with Gasteiger partial charge in [-0.15, -0.1) is 0 Å². The van der Waals surface area contributed by atoms with Crippen molar-refractivity contribution in [1.29, 1.82) is 0 Å². The number of carbonyl (C=O) groups is 1. The van der Waals surface area contributed by atoms with Crippen LogP contribution in [0.25, 0.3) is 10.2 Å². The summed E-state index contributed by atoms with van der Waals surface area (Å²) in [5.41, 5.74) is 1.60. The summed E-state index contributed by atoms with van der Waals surface area (Å²) in [5.74, 6) is -0.832. The fraction of sp³-hybridized carbons (Fsp3) is 0.182. The molecule has 0 spiro atoms. The average Bonchev–Trinajstić information content (AvgIpc) is 3.40. The third kappa shape index (κ3) is 4.85. The van der Waals surface area contributed by atoms with E-state index in [9.17, 15) is 17.6 Å². The van der Waals surface area contributed by atoms with Gasteiger partial charge >= 0.3 is 0 Å². The number of nitrogens with zero attached hydrogens (tertiary/aromatic N) is 2. The van der Waals surface area contributed by atoms with Gasteiger partial charge in [0.2, 0.25) is 5.91 Å². The predicted octanol–water partition coefficient (Wildman–Crippen LogP) is 5.39. The number of aryl methyl sites for hydroxylation is 1. The highest BCUT2D eigenvalue weighted by Gasteiger charge is 2.24. The number of hydrogen-bond donors (Lipinski definition) is 0. The summed E-state index contributed by atoms with van der Waals surface area (Å²) in [4.78, 5) is 19.1. The molecule has 0 N–H and O–H groups in total. The molecule has 0 radical (unpaired) electrons. The molecule has 0 bridgehead atoms. The van der Waals surface area contributed by atoms with Crippen molar-refractivity contribution in [1.82, 2.24) is 4.98 Å². The van der Waals surface area contributed by atoms with Gasteiger partial charge in [0.1, 0.15) is 11.6 Å². The Balaban J connectivity index is 1.61. The Hall–Kier alpha value is -2.75. The van der Waals surface area contributed by atoms with E-state index in [1.165, 1.54) is 34.6 Å². The SMILES string of the molecule is Cc1cc(Cl)cc2sc(N(Cc3ccco3)C(=O)CCS(=O)(=O)c3ccc(F)cc3)nc12. The maximum absolute atomic E-state index is 13.1. The standard InChI is InChI=1S/C22H18ClFN2O4S2/c1-14-11-15(23)12-19-21(14)25-22(31-19)26(13-17-3-2-9-30-17)20(27)8-10-32(28,29)18-6-4-16(24)5-7-18/h2-7,9,11-12H,8,10,13H2,1H3. The van der Waals surface area contributed by atoms with E-state index in [1.54, 1.807) is 24.3 Å². The number of aromatic nitrogens is 1. The van der Waals surface area contributed by atoms with Crippen molar-refractivity contribution in [3.8, 4) is 0 Å². The Kier molecular flexibility index (Phi) is 6.32. The first-order valence-electron chi connectivity index (χ1n) is 9.61. The van der Waals surface area contributed by atoms with Crippen LogP contribution >= 0.6 is 22.9 Å². The molecule has 4 rings (SSSR count). The van der Waals surface area contributed by atoms with Crippen LogP contribution in [0.3, 0.4) is 0 Å². The molecule has 0 fully saturated rings. The Bertz CT molecular complexity index is 1370. The molecule has 4 aromatic rings. The summed E-state index contributed by atoms with van der Waals surface area (Å²) in [7, 11) is -3.76. The van der Waals surface area contributed by atoms with Crippen LogP contribution in [0.5, 0.6) is 0 Å². The quantitative estimate of drug-likeness (QED) is 0.323. The molecule has 2 aromatic carbocycles. The van der Waals surface area contributed by atoms with Crippen molar-refractivity contribution in [3.05, 3.63) is 77.0 Å². The zero-order valence-electron chi connectivity index (χ0n) is 16.9. The van der Waals surface area contributed by atoms with Crippen molar-refractivity contribution in [3.63, 3.8) is 0 Å². The minimum atomic E-state index is -3.76. The second-order valence-corrected chi connectivity index (χ2v) is 10.7. The van der Waals surface area contributed by atoms with Crippen LogP contribution in [-0.2, 0) is 21.2 Å². The van der Waals surface area contributed by atoms with E-state index in [1.807, 2.05) is 6.92 Å².